The molecule has 0 amide bonds. The molecule has 0 aliphatic heterocycles. The molecule has 8 nitrogen and oxygen atoms in total. The van der Waals surface area contributed by atoms with Crippen molar-refractivity contribution in [3.8, 4) is 0 Å². The van der Waals surface area contributed by atoms with Gasteiger partial charge in [0.1, 0.15) is 12.1 Å². The van der Waals surface area contributed by atoms with Gasteiger partial charge in [0.25, 0.3) is 0 Å². The van der Waals surface area contributed by atoms with E-state index in [-0.39, 0.29) is 0 Å². The van der Waals surface area contributed by atoms with Gasteiger partial charge in [-0.15, -0.1) is 0 Å². The van der Waals surface area contributed by atoms with Crippen molar-refractivity contribution in [1.29, 1.82) is 0 Å². The number of aromatic nitrogens is 5. The molecule has 0 fully saturated rings. The highest BCUT2D eigenvalue weighted by Crippen LogP contribution is 2.25. The molecule has 3 rings (SSSR count). The molecule has 0 spiro atoms. The second-order valence-electron chi connectivity index (χ2n) is 5.96. The lowest BCUT2D eigenvalue weighted by atomic mass is 10.4. The first-order valence-electron chi connectivity index (χ1n) is 8.37. The molecule has 0 aromatic carbocycles. The molecule has 3 heterocycles. The van der Waals surface area contributed by atoms with E-state index in [9.17, 15) is 0 Å². The Morgan fingerprint density at radius 2 is 1.92 bits per heavy atom. The van der Waals surface area contributed by atoms with Crippen LogP contribution < -0.4 is 9.91 Å². The van der Waals surface area contributed by atoms with Gasteiger partial charge in [-0.05, 0) is 32.0 Å². The molecule has 0 radical (unpaired) electrons. The number of nitrogens with zero attached hydrogens (tertiary/aromatic N) is 7. The Kier molecular flexibility index (Phi) is 5.43. The second-order valence-corrected chi connectivity index (χ2v) is 5.96. The fourth-order valence-corrected chi connectivity index (χ4v) is 2.63. The van der Waals surface area contributed by atoms with Crippen LogP contribution in [0.25, 0.3) is 0 Å². The van der Waals surface area contributed by atoms with E-state index < -0.39 is 0 Å². The van der Waals surface area contributed by atoms with Crippen molar-refractivity contribution in [2.45, 2.75) is 13.8 Å². The highest BCUT2D eigenvalue weighted by Gasteiger charge is 2.18. The van der Waals surface area contributed by atoms with Crippen molar-refractivity contribution in [3.63, 3.8) is 0 Å². The highest BCUT2D eigenvalue weighted by molar-refractivity contribution is 5.57. The van der Waals surface area contributed by atoms with Crippen LogP contribution in [0.3, 0.4) is 0 Å². The van der Waals surface area contributed by atoms with Crippen LogP contribution in [0.5, 0.6) is 0 Å². The van der Waals surface area contributed by atoms with Gasteiger partial charge in [0.2, 0.25) is 0 Å². The SMILES string of the molecule is COCCN(C)c1cccc(N(c2ccncn2)n2nc(C)cc2C)n1. The zero-order valence-electron chi connectivity index (χ0n) is 15.5. The van der Waals surface area contributed by atoms with Crippen molar-refractivity contribution in [1.82, 2.24) is 24.8 Å². The summed E-state index contributed by atoms with van der Waals surface area (Å²) in [4.78, 5) is 17.1. The van der Waals surface area contributed by atoms with Crippen molar-refractivity contribution >= 4 is 17.5 Å². The molecule has 0 aliphatic rings. The van der Waals surface area contributed by atoms with E-state index in [4.69, 9.17) is 9.72 Å². The highest BCUT2D eigenvalue weighted by atomic mass is 16.5. The summed E-state index contributed by atoms with van der Waals surface area (Å²) in [5.74, 6) is 2.26. The number of ether oxygens (including phenoxy) is 1. The van der Waals surface area contributed by atoms with E-state index in [0.29, 0.717) is 12.4 Å². The Morgan fingerprint density at radius 1 is 1.12 bits per heavy atom. The van der Waals surface area contributed by atoms with Crippen LogP contribution in [0.2, 0.25) is 0 Å². The summed E-state index contributed by atoms with van der Waals surface area (Å²) in [5, 5.41) is 6.47. The van der Waals surface area contributed by atoms with Gasteiger partial charge in [-0.3, -0.25) is 0 Å². The summed E-state index contributed by atoms with van der Waals surface area (Å²) in [7, 11) is 3.68. The maximum absolute atomic E-state index is 5.16. The smallest absolute Gasteiger partial charge is 0.159 e. The van der Waals surface area contributed by atoms with Gasteiger partial charge in [0, 0.05) is 33.0 Å². The molecule has 3 aromatic rings. The Bertz CT molecular complexity index is 850. The van der Waals surface area contributed by atoms with Crippen LogP contribution in [0.1, 0.15) is 11.4 Å². The molecule has 0 bridgehead atoms. The molecule has 0 unspecified atom stereocenters. The second kappa shape index (κ2) is 7.92. The third kappa shape index (κ3) is 3.80. The maximum atomic E-state index is 5.16. The fraction of sp³-hybridized carbons (Fsp3) is 0.333. The largest absolute Gasteiger partial charge is 0.383 e. The van der Waals surface area contributed by atoms with E-state index in [1.807, 2.05) is 61.1 Å². The van der Waals surface area contributed by atoms with Crippen LogP contribution in [-0.2, 0) is 4.74 Å². The monoisotopic (exact) mass is 353 g/mol. The molecule has 26 heavy (non-hydrogen) atoms. The average Bonchev–Trinajstić information content (AvgIpc) is 2.99. The van der Waals surface area contributed by atoms with Crippen molar-refractivity contribution in [2.75, 3.05) is 37.2 Å². The van der Waals surface area contributed by atoms with Crippen LogP contribution in [0, 0.1) is 13.8 Å². The average molecular weight is 353 g/mol. The van der Waals surface area contributed by atoms with Crippen LogP contribution >= 0.6 is 0 Å². The number of aryl methyl sites for hydroxylation is 2. The Hall–Kier alpha value is -3.00. The summed E-state index contributed by atoms with van der Waals surface area (Å²) >= 11 is 0. The van der Waals surface area contributed by atoms with Crippen LogP contribution in [-0.4, -0.2) is 52.2 Å². The molecule has 0 aliphatic carbocycles. The molecular weight excluding hydrogens is 330 g/mol. The summed E-state index contributed by atoms with van der Waals surface area (Å²) in [6, 6.07) is 9.73. The summed E-state index contributed by atoms with van der Waals surface area (Å²) in [5.41, 5.74) is 1.91. The molecule has 0 saturated heterocycles. The molecular formula is C18H23N7O. The summed E-state index contributed by atoms with van der Waals surface area (Å²) in [6.07, 6.45) is 3.22. The minimum Gasteiger partial charge on any atom is -0.383 e. The Balaban J connectivity index is 2.04. The number of anilines is 3. The number of hydrogen-bond donors (Lipinski definition) is 0. The number of pyridine rings is 1. The van der Waals surface area contributed by atoms with Crippen molar-refractivity contribution in [3.05, 3.63) is 54.2 Å². The van der Waals surface area contributed by atoms with E-state index in [0.717, 1.165) is 29.6 Å². The third-order valence-electron chi connectivity index (χ3n) is 3.92. The molecule has 8 heteroatoms. The summed E-state index contributed by atoms with van der Waals surface area (Å²) < 4.78 is 5.16. The molecule has 0 saturated carbocycles. The van der Waals surface area contributed by atoms with Gasteiger partial charge in [-0.2, -0.15) is 14.9 Å². The predicted molar refractivity (Wildman–Crippen MR) is 101 cm³/mol. The van der Waals surface area contributed by atoms with Crippen LogP contribution in [0.4, 0.5) is 17.5 Å². The zero-order chi connectivity index (χ0) is 18.5. The Labute approximate surface area is 153 Å². The van der Waals surface area contributed by atoms with Crippen molar-refractivity contribution < 1.29 is 4.74 Å². The van der Waals surface area contributed by atoms with Gasteiger partial charge in [-0.1, -0.05) is 6.07 Å². The molecule has 0 N–H and O–H groups in total. The normalized spacial score (nSPS) is 10.8. The number of likely N-dealkylation sites (N-methyl/N-ethyl adjacent to an activating group) is 1. The first-order valence-corrected chi connectivity index (χ1v) is 8.37. The van der Waals surface area contributed by atoms with E-state index in [1.165, 1.54) is 6.33 Å². The van der Waals surface area contributed by atoms with Gasteiger partial charge >= 0.3 is 0 Å². The number of methoxy groups -OCH3 is 1. The van der Waals surface area contributed by atoms with Gasteiger partial charge < -0.3 is 9.64 Å². The standard InChI is InChI=1S/C18H23N7O/c1-14-12-15(2)25(22-14)24(16-8-9-19-13-20-16)18-7-5-6-17(21-18)23(3)10-11-26-4/h5-9,12-13H,10-11H2,1-4H3. The molecule has 136 valence electrons. The predicted octanol–water partition coefficient (Wildman–Crippen LogP) is 2.37. The van der Waals surface area contributed by atoms with E-state index in [2.05, 4.69) is 15.1 Å². The van der Waals surface area contributed by atoms with Crippen molar-refractivity contribution in [2.24, 2.45) is 0 Å². The fourth-order valence-electron chi connectivity index (χ4n) is 2.63. The molecule has 0 atom stereocenters. The first-order chi connectivity index (χ1) is 12.6. The lowest BCUT2D eigenvalue weighted by molar-refractivity contribution is 0.206. The van der Waals surface area contributed by atoms with Gasteiger partial charge in [0.05, 0.1) is 18.0 Å². The topological polar surface area (TPSA) is 72.2 Å². The lowest BCUT2D eigenvalue weighted by Crippen LogP contribution is -2.29. The van der Waals surface area contributed by atoms with Crippen LogP contribution in [0.15, 0.2) is 42.9 Å². The maximum Gasteiger partial charge on any atom is 0.159 e. The minimum atomic E-state index is 0.634. The quantitative estimate of drug-likeness (QED) is 0.646. The zero-order valence-corrected chi connectivity index (χ0v) is 15.5. The first kappa shape index (κ1) is 17.8. The van der Waals surface area contributed by atoms with E-state index >= 15 is 0 Å². The van der Waals surface area contributed by atoms with Gasteiger partial charge in [-0.25, -0.2) is 15.0 Å². The van der Waals surface area contributed by atoms with Gasteiger partial charge in [0.15, 0.2) is 11.6 Å². The summed E-state index contributed by atoms with van der Waals surface area (Å²) in [6.45, 7) is 5.35. The number of rotatable bonds is 7. The van der Waals surface area contributed by atoms with E-state index in [1.54, 1.807) is 18.1 Å². The lowest BCUT2D eigenvalue weighted by Gasteiger charge is -2.25. The minimum absolute atomic E-state index is 0.634. The third-order valence-corrected chi connectivity index (χ3v) is 3.92. The number of hydrogen-bond acceptors (Lipinski definition) is 7. The molecule has 3 aromatic heterocycles. The Morgan fingerprint density at radius 3 is 2.58 bits per heavy atom.